The number of para-hydroxylation sites is 1. The van der Waals surface area contributed by atoms with E-state index in [4.69, 9.17) is 9.47 Å². The van der Waals surface area contributed by atoms with Gasteiger partial charge in [0, 0.05) is 46.3 Å². The fourth-order valence-corrected chi connectivity index (χ4v) is 2.89. The quantitative estimate of drug-likeness (QED) is 0.526. The number of aliphatic imine (C=N–C) groups is 1. The molecule has 2 N–H and O–H groups in total. The summed E-state index contributed by atoms with van der Waals surface area (Å²) in [4.78, 5) is 18.1. The lowest BCUT2D eigenvalue weighted by atomic mass is 9.90. The average Bonchev–Trinajstić information content (AvgIpc) is 2.68. The molecular weight excluding hydrogens is 356 g/mol. The van der Waals surface area contributed by atoms with Crippen molar-refractivity contribution in [2.75, 3.05) is 47.5 Å². The van der Waals surface area contributed by atoms with Crippen molar-refractivity contribution in [3.05, 3.63) is 29.8 Å². The molecule has 28 heavy (non-hydrogen) atoms. The summed E-state index contributed by atoms with van der Waals surface area (Å²) in [5.74, 6) is 1.50. The van der Waals surface area contributed by atoms with E-state index in [0.29, 0.717) is 19.2 Å². The largest absolute Gasteiger partial charge is 0.493 e. The third-order valence-electron chi connectivity index (χ3n) is 4.86. The molecule has 0 fully saturated rings. The number of hydrogen-bond acceptors (Lipinski definition) is 4. The third kappa shape index (κ3) is 6.71. The van der Waals surface area contributed by atoms with Crippen molar-refractivity contribution in [1.82, 2.24) is 15.5 Å². The number of fused-ring (bicyclic) bond motifs is 1. The number of nitrogens with zero attached hydrogens (tertiary/aromatic N) is 2. The molecule has 7 heteroatoms. The first-order valence-corrected chi connectivity index (χ1v) is 9.78. The van der Waals surface area contributed by atoms with Gasteiger partial charge in [0.2, 0.25) is 5.91 Å². The number of methoxy groups -OCH3 is 1. The molecule has 1 atom stereocenters. The van der Waals surface area contributed by atoms with Crippen molar-refractivity contribution >= 4 is 11.9 Å². The van der Waals surface area contributed by atoms with E-state index in [9.17, 15) is 4.79 Å². The molecule has 0 bridgehead atoms. The van der Waals surface area contributed by atoms with Crippen LogP contribution < -0.4 is 15.4 Å². The average molecular weight is 391 g/mol. The Morgan fingerprint density at radius 2 is 2.11 bits per heavy atom. The Bertz CT molecular complexity index is 673. The van der Waals surface area contributed by atoms with E-state index in [1.807, 2.05) is 18.2 Å². The lowest BCUT2D eigenvalue weighted by Gasteiger charge is -2.30. The molecule has 1 aliphatic rings. The van der Waals surface area contributed by atoms with Crippen LogP contribution in [0.2, 0.25) is 0 Å². The lowest BCUT2D eigenvalue weighted by Crippen LogP contribution is -2.45. The van der Waals surface area contributed by atoms with Gasteiger partial charge in [-0.15, -0.1) is 0 Å². The van der Waals surface area contributed by atoms with Crippen LogP contribution in [0.4, 0.5) is 0 Å². The molecule has 2 rings (SSSR count). The van der Waals surface area contributed by atoms with Gasteiger partial charge < -0.3 is 25.0 Å². The second kappa shape index (κ2) is 10.3. The Hall–Kier alpha value is -2.28. The van der Waals surface area contributed by atoms with Gasteiger partial charge in [-0.25, -0.2) is 4.99 Å². The number of carbonyl (C=O) groups excluding carboxylic acids is 1. The predicted octanol–water partition coefficient (Wildman–Crippen LogP) is 2.20. The zero-order chi connectivity index (χ0) is 20.6. The summed E-state index contributed by atoms with van der Waals surface area (Å²) in [7, 11) is 5.19. The van der Waals surface area contributed by atoms with E-state index in [2.05, 4.69) is 35.5 Å². The van der Waals surface area contributed by atoms with Crippen LogP contribution in [0, 0.1) is 5.41 Å². The van der Waals surface area contributed by atoms with Crippen LogP contribution >= 0.6 is 0 Å². The number of nitrogens with one attached hydrogen (secondary N) is 2. The molecule has 0 spiro atoms. The summed E-state index contributed by atoms with van der Waals surface area (Å²) in [6, 6.07) is 8.12. The van der Waals surface area contributed by atoms with Crippen molar-refractivity contribution in [1.29, 1.82) is 0 Å². The van der Waals surface area contributed by atoms with Gasteiger partial charge in [0.1, 0.15) is 12.3 Å². The molecule has 1 amide bonds. The van der Waals surface area contributed by atoms with Gasteiger partial charge in [-0.2, -0.15) is 0 Å². The molecule has 1 aliphatic heterocycles. The highest BCUT2D eigenvalue weighted by molar-refractivity contribution is 5.85. The molecule has 0 saturated carbocycles. The molecule has 0 aromatic heterocycles. The number of likely N-dealkylation sites (N-methyl/N-ethyl adjacent to an activating group) is 1. The fourth-order valence-electron chi connectivity index (χ4n) is 2.89. The maximum Gasteiger partial charge on any atom is 0.243 e. The number of amides is 1. The monoisotopic (exact) mass is 390 g/mol. The number of ether oxygens (including phenoxy) is 2. The van der Waals surface area contributed by atoms with Crippen molar-refractivity contribution < 1.29 is 14.3 Å². The second-order valence-electron chi connectivity index (χ2n) is 8.09. The van der Waals surface area contributed by atoms with Crippen LogP contribution in [-0.2, 0) is 9.53 Å². The van der Waals surface area contributed by atoms with Gasteiger partial charge in [0.15, 0.2) is 5.96 Å². The van der Waals surface area contributed by atoms with Gasteiger partial charge in [-0.05, 0) is 17.9 Å². The summed E-state index contributed by atoms with van der Waals surface area (Å²) >= 11 is 0. The van der Waals surface area contributed by atoms with Crippen LogP contribution in [0.25, 0.3) is 0 Å². The molecule has 1 aromatic rings. The van der Waals surface area contributed by atoms with Crippen LogP contribution in [0.5, 0.6) is 5.75 Å². The predicted molar refractivity (Wildman–Crippen MR) is 112 cm³/mol. The van der Waals surface area contributed by atoms with Crippen molar-refractivity contribution in [2.24, 2.45) is 10.4 Å². The molecule has 7 nitrogen and oxygen atoms in total. The topological polar surface area (TPSA) is 75.2 Å². The first-order valence-electron chi connectivity index (χ1n) is 9.78. The number of carbonyl (C=O) groups is 1. The highest BCUT2D eigenvalue weighted by Crippen LogP contribution is 2.31. The summed E-state index contributed by atoms with van der Waals surface area (Å²) in [5.41, 5.74) is 1.15. The Balaban J connectivity index is 2.10. The molecular formula is C21H34N4O3. The molecule has 0 radical (unpaired) electrons. The third-order valence-corrected chi connectivity index (χ3v) is 4.86. The minimum atomic E-state index is -0.0351. The van der Waals surface area contributed by atoms with Gasteiger partial charge in [-0.3, -0.25) is 4.79 Å². The number of guanidine groups is 1. The zero-order valence-electron chi connectivity index (χ0n) is 17.7. The highest BCUT2D eigenvalue weighted by atomic mass is 16.5. The summed E-state index contributed by atoms with van der Waals surface area (Å²) in [6.45, 7) is 6.56. The number of benzene rings is 1. The standard InChI is InChI=1S/C21H34N4O3/c1-21(2,11-13-27-5)15-23-20(22-14-19(26)25(3)4)24-17-10-12-28-18-9-7-6-8-16(17)18/h6-9,17H,10-15H2,1-5H3,(H2,22,23,24). The van der Waals surface area contributed by atoms with Crippen LogP contribution in [0.1, 0.15) is 38.3 Å². The Labute approximate surface area is 168 Å². The van der Waals surface area contributed by atoms with E-state index < -0.39 is 0 Å². The Kier molecular flexibility index (Phi) is 8.11. The van der Waals surface area contributed by atoms with Gasteiger partial charge >= 0.3 is 0 Å². The molecule has 0 aliphatic carbocycles. The summed E-state index contributed by atoms with van der Waals surface area (Å²) in [6.07, 6.45) is 1.77. The first kappa shape index (κ1) is 22.0. The first-order chi connectivity index (χ1) is 13.3. The van der Waals surface area contributed by atoms with Crippen molar-refractivity contribution in [3.63, 3.8) is 0 Å². The SMILES string of the molecule is COCCC(C)(C)CNC(=NCC(=O)N(C)C)NC1CCOc2ccccc21. The van der Waals surface area contributed by atoms with Gasteiger partial charge in [-0.1, -0.05) is 32.0 Å². The zero-order valence-corrected chi connectivity index (χ0v) is 17.7. The summed E-state index contributed by atoms with van der Waals surface area (Å²) < 4.78 is 11.0. The number of hydrogen-bond donors (Lipinski definition) is 2. The highest BCUT2D eigenvalue weighted by Gasteiger charge is 2.23. The maximum atomic E-state index is 12.0. The Morgan fingerprint density at radius 3 is 2.82 bits per heavy atom. The second-order valence-corrected chi connectivity index (χ2v) is 8.09. The van der Waals surface area contributed by atoms with Crippen molar-refractivity contribution in [3.8, 4) is 5.75 Å². The van der Waals surface area contributed by atoms with Crippen LogP contribution in [0.3, 0.4) is 0 Å². The molecule has 1 unspecified atom stereocenters. The minimum Gasteiger partial charge on any atom is -0.493 e. The van der Waals surface area contributed by atoms with E-state index >= 15 is 0 Å². The van der Waals surface area contributed by atoms with E-state index in [1.54, 1.807) is 26.1 Å². The molecule has 1 aromatic carbocycles. The molecule has 0 saturated heterocycles. The number of rotatable bonds is 8. The van der Waals surface area contributed by atoms with Crippen LogP contribution in [-0.4, -0.2) is 64.3 Å². The van der Waals surface area contributed by atoms with E-state index in [-0.39, 0.29) is 23.9 Å². The Morgan fingerprint density at radius 1 is 1.36 bits per heavy atom. The van der Waals surface area contributed by atoms with Crippen LogP contribution in [0.15, 0.2) is 29.3 Å². The van der Waals surface area contributed by atoms with E-state index in [0.717, 1.165) is 30.7 Å². The smallest absolute Gasteiger partial charge is 0.243 e. The summed E-state index contributed by atoms with van der Waals surface area (Å²) in [5, 5.41) is 6.91. The van der Waals surface area contributed by atoms with Crippen molar-refractivity contribution in [2.45, 2.75) is 32.7 Å². The minimum absolute atomic E-state index is 0.0351. The normalized spacial score (nSPS) is 16.8. The van der Waals surface area contributed by atoms with Gasteiger partial charge in [0.05, 0.1) is 12.6 Å². The fraction of sp³-hybridized carbons (Fsp3) is 0.619. The molecule has 1 heterocycles. The van der Waals surface area contributed by atoms with E-state index in [1.165, 1.54) is 0 Å². The lowest BCUT2D eigenvalue weighted by molar-refractivity contribution is -0.127. The van der Waals surface area contributed by atoms with Gasteiger partial charge in [0.25, 0.3) is 0 Å². The maximum absolute atomic E-state index is 12.0. The molecule has 156 valence electrons.